The molecule has 0 amide bonds. The molecule has 0 aromatic heterocycles. The van der Waals surface area contributed by atoms with Crippen LogP contribution in [0.4, 0.5) is 0 Å². The van der Waals surface area contributed by atoms with Gasteiger partial charge >= 0.3 is 0 Å². The van der Waals surface area contributed by atoms with E-state index < -0.39 is 0 Å². The van der Waals surface area contributed by atoms with Gasteiger partial charge in [0, 0.05) is 12.1 Å². The van der Waals surface area contributed by atoms with E-state index in [1.54, 1.807) is 0 Å². The topological polar surface area (TPSA) is 15.3 Å². The van der Waals surface area contributed by atoms with Crippen LogP contribution in [-0.4, -0.2) is 36.6 Å². The van der Waals surface area contributed by atoms with Crippen LogP contribution in [0.1, 0.15) is 59.3 Å². The van der Waals surface area contributed by atoms with E-state index in [0.717, 1.165) is 12.6 Å². The smallest absolute Gasteiger partial charge is 0.00931 e. The summed E-state index contributed by atoms with van der Waals surface area (Å²) < 4.78 is 0. The number of hydrogen-bond acceptors (Lipinski definition) is 2. The third-order valence-electron chi connectivity index (χ3n) is 3.86. The summed E-state index contributed by atoms with van der Waals surface area (Å²) in [5, 5.41) is 3.48. The second kappa shape index (κ2) is 8.08. The van der Waals surface area contributed by atoms with Gasteiger partial charge in [-0.2, -0.15) is 0 Å². The van der Waals surface area contributed by atoms with Gasteiger partial charge in [0.05, 0.1) is 0 Å². The Morgan fingerprint density at radius 2 is 2.12 bits per heavy atom. The first-order chi connectivity index (χ1) is 7.77. The summed E-state index contributed by atoms with van der Waals surface area (Å²) in [5.41, 5.74) is 0. The summed E-state index contributed by atoms with van der Waals surface area (Å²) in [7, 11) is 0. The lowest BCUT2D eigenvalue weighted by atomic mass is 10.1. The molecule has 0 radical (unpaired) electrons. The minimum Gasteiger partial charge on any atom is -0.315 e. The van der Waals surface area contributed by atoms with Crippen molar-refractivity contribution in [2.45, 2.75) is 71.4 Å². The summed E-state index contributed by atoms with van der Waals surface area (Å²) in [6.45, 7) is 10.6. The minimum atomic E-state index is 0.700. The zero-order valence-corrected chi connectivity index (χ0v) is 11.5. The Morgan fingerprint density at radius 3 is 2.81 bits per heavy atom. The number of rotatable bonds is 8. The fourth-order valence-electron chi connectivity index (χ4n) is 2.87. The maximum atomic E-state index is 3.48. The highest BCUT2D eigenvalue weighted by Crippen LogP contribution is 2.20. The van der Waals surface area contributed by atoms with Crippen molar-refractivity contribution in [2.75, 3.05) is 19.6 Å². The Balaban J connectivity index is 2.02. The molecular formula is C14H30N2. The van der Waals surface area contributed by atoms with E-state index in [4.69, 9.17) is 0 Å². The van der Waals surface area contributed by atoms with Gasteiger partial charge in [0.15, 0.2) is 0 Å². The molecule has 0 aliphatic carbocycles. The standard InChI is InChI=1S/C14H30N2/c1-4-14-10-8-12-16(14)11-7-6-9-13(3)15-5-2/h13-15H,4-12H2,1-3H3. The van der Waals surface area contributed by atoms with Crippen LogP contribution in [0.15, 0.2) is 0 Å². The number of nitrogens with zero attached hydrogens (tertiary/aromatic N) is 1. The van der Waals surface area contributed by atoms with Gasteiger partial charge in [-0.25, -0.2) is 0 Å². The van der Waals surface area contributed by atoms with Crippen molar-refractivity contribution in [1.82, 2.24) is 10.2 Å². The van der Waals surface area contributed by atoms with E-state index in [0.29, 0.717) is 6.04 Å². The van der Waals surface area contributed by atoms with E-state index in [9.17, 15) is 0 Å². The molecule has 0 aromatic carbocycles. The first-order valence-corrected chi connectivity index (χ1v) is 7.25. The van der Waals surface area contributed by atoms with Crippen molar-refractivity contribution in [2.24, 2.45) is 0 Å². The van der Waals surface area contributed by atoms with Crippen molar-refractivity contribution in [1.29, 1.82) is 0 Å². The zero-order valence-electron chi connectivity index (χ0n) is 11.5. The van der Waals surface area contributed by atoms with Gasteiger partial charge in [-0.3, -0.25) is 0 Å². The Labute approximate surface area is 102 Å². The van der Waals surface area contributed by atoms with Crippen LogP contribution in [-0.2, 0) is 0 Å². The Hall–Kier alpha value is -0.0800. The van der Waals surface area contributed by atoms with E-state index >= 15 is 0 Å². The molecule has 0 aromatic rings. The predicted molar refractivity (Wildman–Crippen MR) is 71.9 cm³/mol. The molecular weight excluding hydrogens is 196 g/mol. The van der Waals surface area contributed by atoms with Crippen LogP contribution in [0.2, 0.25) is 0 Å². The fraction of sp³-hybridized carbons (Fsp3) is 1.00. The predicted octanol–water partition coefficient (Wildman–Crippen LogP) is 3.03. The zero-order chi connectivity index (χ0) is 11.8. The van der Waals surface area contributed by atoms with Gasteiger partial charge in [0.2, 0.25) is 0 Å². The summed E-state index contributed by atoms with van der Waals surface area (Å²) >= 11 is 0. The Kier molecular flexibility index (Phi) is 7.06. The van der Waals surface area contributed by atoms with Crippen molar-refractivity contribution < 1.29 is 0 Å². The minimum absolute atomic E-state index is 0.700. The molecule has 1 saturated heterocycles. The molecule has 1 rings (SSSR count). The van der Waals surface area contributed by atoms with E-state index in [1.807, 2.05) is 0 Å². The lowest BCUT2D eigenvalue weighted by molar-refractivity contribution is 0.241. The molecule has 16 heavy (non-hydrogen) atoms. The molecule has 1 aliphatic rings. The SMILES string of the molecule is CCNC(C)CCCCN1CCCC1CC. The lowest BCUT2D eigenvalue weighted by Gasteiger charge is -2.23. The summed E-state index contributed by atoms with van der Waals surface area (Å²) in [5.74, 6) is 0. The van der Waals surface area contributed by atoms with E-state index in [-0.39, 0.29) is 0 Å². The van der Waals surface area contributed by atoms with Crippen LogP contribution in [0, 0.1) is 0 Å². The normalized spacial score (nSPS) is 23.8. The van der Waals surface area contributed by atoms with Crippen LogP contribution in [0.5, 0.6) is 0 Å². The number of unbranched alkanes of at least 4 members (excludes halogenated alkanes) is 1. The lowest BCUT2D eigenvalue weighted by Crippen LogP contribution is -2.30. The number of hydrogen-bond donors (Lipinski definition) is 1. The second-order valence-electron chi connectivity index (χ2n) is 5.19. The largest absolute Gasteiger partial charge is 0.315 e. The van der Waals surface area contributed by atoms with Crippen LogP contribution >= 0.6 is 0 Å². The number of nitrogens with one attached hydrogen (secondary N) is 1. The molecule has 1 N–H and O–H groups in total. The molecule has 2 heteroatoms. The third-order valence-corrected chi connectivity index (χ3v) is 3.86. The van der Waals surface area contributed by atoms with Gasteiger partial charge in [-0.15, -0.1) is 0 Å². The maximum absolute atomic E-state index is 3.48. The highest BCUT2D eigenvalue weighted by molar-refractivity contribution is 4.77. The summed E-state index contributed by atoms with van der Waals surface area (Å²) in [4.78, 5) is 2.71. The van der Waals surface area contributed by atoms with Crippen LogP contribution in [0.3, 0.4) is 0 Å². The molecule has 1 fully saturated rings. The molecule has 2 unspecified atom stereocenters. The fourth-order valence-corrected chi connectivity index (χ4v) is 2.87. The Morgan fingerprint density at radius 1 is 1.31 bits per heavy atom. The molecule has 1 aliphatic heterocycles. The van der Waals surface area contributed by atoms with Crippen molar-refractivity contribution in [3.05, 3.63) is 0 Å². The monoisotopic (exact) mass is 226 g/mol. The molecule has 2 nitrogen and oxygen atoms in total. The van der Waals surface area contributed by atoms with Gasteiger partial charge in [-0.05, 0) is 58.7 Å². The van der Waals surface area contributed by atoms with Crippen molar-refractivity contribution in [3.63, 3.8) is 0 Å². The van der Waals surface area contributed by atoms with Crippen molar-refractivity contribution in [3.8, 4) is 0 Å². The summed E-state index contributed by atoms with van der Waals surface area (Å²) in [6.07, 6.45) is 8.29. The average Bonchev–Trinajstić information content (AvgIpc) is 2.72. The molecule has 2 atom stereocenters. The highest BCUT2D eigenvalue weighted by Gasteiger charge is 2.21. The molecule has 0 spiro atoms. The first-order valence-electron chi connectivity index (χ1n) is 7.25. The van der Waals surface area contributed by atoms with Crippen molar-refractivity contribution >= 4 is 0 Å². The highest BCUT2D eigenvalue weighted by atomic mass is 15.2. The quantitative estimate of drug-likeness (QED) is 0.640. The third kappa shape index (κ3) is 4.84. The van der Waals surface area contributed by atoms with E-state index in [1.165, 1.54) is 51.6 Å². The molecule has 1 heterocycles. The second-order valence-corrected chi connectivity index (χ2v) is 5.19. The molecule has 0 bridgehead atoms. The number of likely N-dealkylation sites (tertiary alicyclic amines) is 1. The van der Waals surface area contributed by atoms with Gasteiger partial charge in [-0.1, -0.05) is 20.3 Å². The summed E-state index contributed by atoms with van der Waals surface area (Å²) in [6, 6.07) is 1.59. The average molecular weight is 226 g/mol. The molecule has 96 valence electrons. The Bertz CT molecular complexity index is 170. The first kappa shape index (κ1) is 14.0. The maximum Gasteiger partial charge on any atom is 0.00931 e. The molecule has 0 saturated carbocycles. The van der Waals surface area contributed by atoms with Gasteiger partial charge in [0.25, 0.3) is 0 Å². The van der Waals surface area contributed by atoms with Crippen LogP contribution < -0.4 is 5.32 Å². The van der Waals surface area contributed by atoms with Gasteiger partial charge < -0.3 is 10.2 Å². The van der Waals surface area contributed by atoms with Crippen LogP contribution in [0.25, 0.3) is 0 Å². The van der Waals surface area contributed by atoms with Gasteiger partial charge in [0.1, 0.15) is 0 Å². The van der Waals surface area contributed by atoms with E-state index in [2.05, 4.69) is 31.0 Å².